The molecule has 0 aliphatic carbocycles. The molecule has 0 amide bonds. The van der Waals surface area contributed by atoms with Crippen LogP contribution >= 0.6 is 11.8 Å². The van der Waals surface area contributed by atoms with Gasteiger partial charge in [-0.2, -0.15) is 0 Å². The summed E-state index contributed by atoms with van der Waals surface area (Å²) in [6.07, 6.45) is 2.43. The van der Waals surface area contributed by atoms with Crippen molar-refractivity contribution in [1.29, 1.82) is 0 Å². The minimum Gasteiger partial charge on any atom is -0.496 e. The summed E-state index contributed by atoms with van der Waals surface area (Å²) in [4.78, 5) is 1.16. The van der Waals surface area contributed by atoms with Gasteiger partial charge < -0.3 is 14.8 Å². The summed E-state index contributed by atoms with van der Waals surface area (Å²) in [5.74, 6) is 2.47. The van der Waals surface area contributed by atoms with Gasteiger partial charge in [0.2, 0.25) is 0 Å². The maximum atomic E-state index is 5.62. The van der Waals surface area contributed by atoms with Gasteiger partial charge in [0.25, 0.3) is 0 Å². The zero-order chi connectivity index (χ0) is 14.5. The lowest BCUT2D eigenvalue weighted by Gasteiger charge is -2.26. The summed E-state index contributed by atoms with van der Waals surface area (Å²) < 4.78 is 11.2. The Bertz CT molecular complexity index is 442. The third-order valence-corrected chi connectivity index (χ3v) is 4.66. The average molecular weight is 295 g/mol. The molecule has 20 heavy (non-hydrogen) atoms. The van der Waals surface area contributed by atoms with Gasteiger partial charge in [-0.15, -0.1) is 11.8 Å². The summed E-state index contributed by atoms with van der Waals surface area (Å²) in [5.41, 5.74) is 1.27. The molecule has 0 aromatic heterocycles. The van der Waals surface area contributed by atoms with E-state index in [0.29, 0.717) is 11.2 Å². The normalized spacial score (nSPS) is 19.1. The molecule has 1 aliphatic rings. The molecule has 1 N–H and O–H groups in total. The fraction of sp³-hybridized carbons (Fsp3) is 0.625. The molecule has 1 aromatic rings. The van der Waals surface area contributed by atoms with Gasteiger partial charge in [-0.1, -0.05) is 13.8 Å². The monoisotopic (exact) mass is 295 g/mol. The number of benzene rings is 1. The second kappa shape index (κ2) is 7.23. The van der Waals surface area contributed by atoms with Crippen molar-refractivity contribution in [3.05, 3.63) is 17.7 Å². The average Bonchev–Trinajstić information content (AvgIpc) is 2.47. The van der Waals surface area contributed by atoms with E-state index in [1.54, 1.807) is 14.2 Å². The molecule has 1 atom stereocenters. The Labute approximate surface area is 126 Å². The van der Waals surface area contributed by atoms with Crippen LogP contribution in [0.1, 0.15) is 38.2 Å². The van der Waals surface area contributed by atoms with Crippen molar-refractivity contribution >= 4 is 11.8 Å². The van der Waals surface area contributed by atoms with E-state index in [1.165, 1.54) is 18.4 Å². The minimum atomic E-state index is 0.519. The third-order valence-electron chi connectivity index (χ3n) is 3.62. The SMILES string of the molecule is COc1cc([C@@H]2CCCNC2)c(OC)cc1SC(C)C. The molecule has 1 fully saturated rings. The van der Waals surface area contributed by atoms with Crippen LogP contribution in [0.4, 0.5) is 0 Å². The quantitative estimate of drug-likeness (QED) is 0.840. The lowest BCUT2D eigenvalue weighted by molar-refractivity contribution is 0.378. The first kappa shape index (κ1) is 15.5. The second-order valence-electron chi connectivity index (χ2n) is 5.45. The van der Waals surface area contributed by atoms with Crippen LogP contribution in [0, 0.1) is 0 Å². The van der Waals surface area contributed by atoms with E-state index in [0.717, 1.165) is 29.5 Å². The van der Waals surface area contributed by atoms with Crippen LogP contribution < -0.4 is 14.8 Å². The Hall–Kier alpha value is -0.870. The lowest BCUT2D eigenvalue weighted by Crippen LogP contribution is -2.28. The number of hydrogen-bond acceptors (Lipinski definition) is 4. The van der Waals surface area contributed by atoms with Crippen LogP contribution in [0.25, 0.3) is 0 Å². The van der Waals surface area contributed by atoms with Crippen LogP contribution in [0.5, 0.6) is 11.5 Å². The predicted molar refractivity (Wildman–Crippen MR) is 85.4 cm³/mol. The molecule has 0 bridgehead atoms. The van der Waals surface area contributed by atoms with Gasteiger partial charge in [-0.05, 0) is 31.5 Å². The Morgan fingerprint density at radius 2 is 1.95 bits per heavy atom. The number of methoxy groups -OCH3 is 2. The molecule has 1 heterocycles. The van der Waals surface area contributed by atoms with Gasteiger partial charge in [0.05, 0.1) is 19.1 Å². The van der Waals surface area contributed by atoms with E-state index in [4.69, 9.17) is 9.47 Å². The zero-order valence-corrected chi connectivity index (χ0v) is 13.7. The predicted octanol–water partition coefficient (Wildman–Crippen LogP) is 3.67. The Morgan fingerprint density at radius 3 is 2.50 bits per heavy atom. The lowest BCUT2D eigenvalue weighted by atomic mass is 9.91. The molecule has 0 spiro atoms. The summed E-state index contributed by atoms with van der Waals surface area (Å²) in [7, 11) is 3.50. The van der Waals surface area contributed by atoms with E-state index in [9.17, 15) is 0 Å². The number of rotatable bonds is 5. The maximum absolute atomic E-state index is 5.62. The first-order chi connectivity index (χ1) is 9.65. The maximum Gasteiger partial charge on any atom is 0.132 e. The van der Waals surface area contributed by atoms with Crippen molar-refractivity contribution in [2.24, 2.45) is 0 Å². The molecule has 1 aliphatic heterocycles. The number of piperidine rings is 1. The fourth-order valence-electron chi connectivity index (χ4n) is 2.68. The van der Waals surface area contributed by atoms with Crippen molar-refractivity contribution in [1.82, 2.24) is 5.32 Å². The van der Waals surface area contributed by atoms with E-state index in [1.807, 2.05) is 11.8 Å². The van der Waals surface area contributed by atoms with Crippen LogP contribution in [0.15, 0.2) is 17.0 Å². The van der Waals surface area contributed by atoms with Crippen LogP contribution in [0.3, 0.4) is 0 Å². The molecule has 1 aromatic carbocycles. The molecule has 1 saturated heterocycles. The summed E-state index contributed by atoms with van der Waals surface area (Å²) in [6, 6.07) is 4.30. The van der Waals surface area contributed by atoms with Gasteiger partial charge in [-0.3, -0.25) is 0 Å². The van der Waals surface area contributed by atoms with E-state index >= 15 is 0 Å². The Morgan fingerprint density at radius 1 is 1.20 bits per heavy atom. The highest BCUT2D eigenvalue weighted by atomic mass is 32.2. The van der Waals surface area contributed by atoms with E-state index in [2.05, 4.69) is 31.3 Å². The van der Waals surface area contributed by atoms with Gasteiger partial charge in [0.15, 0.2) is 0 Å². The van der Waals surface area contributed by atoms with Crippen molar-refractivity contribution in [3.8, 4) is 11.5 Å². The number of ether oxygens (including phenoxy) is 2. The highest BCUT2D eigenvalue weighted by molar-refractivity contribution is 8.00. The topological polar surface area (TPSA) is 30.5 Å². The van der Waals surface area contributed by atoms with Crippen molar-refractivity contribution in [3.63, 3.8) is 0 Å². The molecule has 3 nitrogen and oxygen atoms in total. The zero-order valence-electron chi connectivity index (χ0n) is 12.9. The van der Waals surface area contributed by atoms with E-state index < -0.39 is 0 Å². The summed E-state index contributed by atoms with van der Waals surface area (Å²) in [6.45, 7) is 6.53. The van der Waals surface area contributed by atoms with E-state index in [-0.39, 0.29) is 0 Å². The standard InChI is InChI=1S/C16H25NO2S/c1-11(2)20-16-9-14(18-3)13(8-15(16)19-4)12-6-5-7-17-10-12/h8-9,11-12,17H,5-7,10H2,1-4H3/t12-/m1/s1. The van der Waals surface area contributed by atoms with Crippen molar-refractivity contribution in [2.75, 3.05) is 27.3 Å². The van der Waals surface area contributed by atoms with Crippen LogP contribution in [-0.4, -0.2) is 32.6 Å². The molecule has 0 unspecified atom stereocenters. The van der Waals surface area contributed by atoms with Crippen molar-refractivity contribution < 1.29 is 9.47 Å². The Kier molecular flexibility index (Phi) is 5.61. The Balaban J connectivity index is 2.35. The molecular formula is C16H25NO2S. The molecule has 2 rings (SSSR count). The number of nitrogens with one attached hydrogen (secondary N) is 1. The van der Waals surface area contributed by atoms with Gasteiger partial charge in [0, 0.05) is 23.3 Å². The smallest absolute Gasteiger partial charge is 0.132 e. The molecule has 0 saturated carbocycles. The molecule has 112 valence electrons. The second-order valence-corrected chi connectivity index (χ2v) is 7.07. The van der Waals surface area contributed by atoms with Crippen LogP contribution in [-0.2, 0) is 0 Å². The highest BCUT2D eigenvalue weighted by Crippen LogP contribution is 2.41. The highest BCUT2D eigenvalue weighted by Gasteiger charge is 2.21. The van der Waals surface area contributed by atoms with Gasteiger partial charge in [0.1, 0.15) is 11.5 Å². The van der Waals surface area contributed by atoms with Crippen molar-refractivity contribution in [2.45, 2.75) is 42.8 Å². The molecule has 4 heteroatoms. The first-order valence-electron chi connectivity index (χ1n) is 7.29. The van der Waals surface area contributed by atoms with Gasteiger partial charge in [-0.25, -0.2) is 0 Å². The molecule has 0 radical (unpaired) electrons. The third kappa shape index (κ3) is 3.61. The van der Waals surface area contributed by atoms with Crippen LogP contribution in [0.2, 0.25) is 0 Å². The minimum absolute atomic E-state index is 0.519. The van der Waals surface area contributed by atoms with Gasteiger partial charge >= 0.3 is 0 Å². The fourth-order valence-corrected chi connectivity index (χ4v) is 3.62. The largest absolute Gasteiger partial charge is 0.496 e. The summed E-state index contributed by atoms with van der Waals surface area (Å²) in [5, 5.41) is 3.99. The molecular weight excluding hydrogens is 270 g/mol. The number of hydrogen-bond donors (Lipinski definition) is 1. The number of thioether (sulfide) groups is 1. The first-order valence-corrected chi connectivity index (χ1v) is 8.17. The summed E-state index contributed by atoms with van der Waals surface area (Å²) >= 11 is 1.81.